The van der Waals surface area contributed by atoms with Crippen LogP contribution in [0.15, 0.2) is 36.4 Å². The third-order valence-corrected chi connectivity index (χ3v) is 7.89. The summed E-state index contributed by atoms with van der Waals surface area (Å²) in [7, 11) is 0. The molecule has 6 rings (SSSR count). The maximum Gasteiger partial charge on any atom is 0.421 e. The van der Waals surface area contributed by atoms with Crippen LogP contribution in [0.5, 0.6) is 5.88 Å². The molecule has 2 aromatic carbocycles. The van der Waals surface area contributed by atoms with Crippen LogP contribution in [0.4, 0.5) is 22.0 Å². The predicted octanol–water partition coefficient (Wildman–Crippen LogP) is 6.01. The number of pyridine rings is 1. The minimum atomic E-state index is -4.79. The van der Waals surface area contributed by atoms with Crippen molar-refractivity contribution < 1.29 is 41.3 Å². The van der Waals surface area contributed by atoms with Gasteiger partial charge in [-0.15, -0.1) is 0 Å². The number of carbonyl (C=O) groups is 1. The number of hydrogen-bond acceptors (Lipinski definition) is 6. The van der Waals surface area contributed by atoms with Crippen molar-refractivity contribution in [3.8, 4) is 5.88 Å². The van der Waals surface area contributed by atoms with Crippen molar-refractivity contribution >= 4 is 28.6 Å². The van der Waals surface area contributed by atoms with Crippen LogP contribution in [-0.2, 0) is 43.6 Å². The van der Waals surface area contributed by atoms with E-state index in [0.717, 1.165) is 24.6 Å². The van der Waals surface area contributed by atoms with Crippen LogP contribution in [0.2, 0.25) is 5.02 Å². The third kappa shape index (κ3) is 6.01. The van der Waals surface area contributed by atoms with Crippen molar-refractivity contribution in [3.05, 3.63) is 86.8 Å². The number of nitrogens with zero attached hydrogens (tertiary/aromatic N) is 4. The van der Waals surface area contributed by atoms with E-state index in [-0.39, 0.29) is 30.2 Å². The first-order valence-electron chi connectivity index (χ1n) is 13.4. The van der Waals surface area contributed by atoms with Crippen LogP contribution in [0.3, 0.4) is 0 Å². The van der Waals surface area contributed by atoms with Crippen LogP contribution in [0.25, 0.3) is 11.0 Å². The van der Waals surface area contributed by atoms with Crippen molar-refractivity contribution in [1.29, 1.82) is 0 Å². The molecule has 1 fully saturated rings. The quantitative estimate of drug-likeness (QED) is 0.190. The van der Waals surface area contributed by atoms with Gasteiger partial charge in [-0.3, -0.25) is 4.90 Å². The van der Waals surface area contributed by atoms with E-state index < -0.39 is 46.9 Å². The number of carboxylic acid groups (broad SMARTS) is 1. The van der Waals surface area contributed by atoms with Gasteiger partial charge in [-0.2, -0.15) is 13.2 Å². The zero-order chi connectivity index (χ0) is 30.5. The number of alkyl halides is 3. The molecule has 2 aliphatic rings. The Bertz CT molecular complexity index is 1720. The topological polar surface area (TPSA) is 89.7 Å². The highest BCUT2D eigenvalue weighted by Crippen LogP contribution is 2.38. The van der Waals surface area contributed by atoms with Crippen LogP contribution in [0.1, 0.15) is 45.0 Å². The summed E-state index contributed by atoms with van der Waals surface area (Å²) in [6.45, 7) is 1.35. The molecule has 0 spiro atoms. The van der Waals surface area contributed by atoms with Crippen LogP contribution in [-0.4, -0.2) is 49.8 Å². The van der Waals surface area contributed by atoms with Gasteiger partial charge in [0, 0.05) is 25.3 Å². The SMILES string of the molecule is O=C(O)c1ccc2nc(CN3CCc4cc(C(F)(F)F)c(OCc5cc(F)c(Cl)cc5F)nc4C3)n(C[C@@H]3CCO3)c2c1. The van der Waals surface area contributed by atoms with Gasteiger partial charge in [-0.1, -0.05) is 11.6 Å². The van der Waals surface area contributed by atoms with Gasteiger partial charge in [0.05, 0.1) is 46.5 Å². The van der Waals surface area contributed by atoms with E-state index >= 15 is 0 Å². The van der Waals surface area contributed by atoms with E-state index in [1.54, 1.807) is 12.1 Å². The second kappa shape index (κ2) is 11.4. The Labute approximate surface area is 246 Å². The monoisotopic (exact) mass is 622 g/mol. The summed E-state index contributed by atoms with van der Waals surface area (Å²) in [5, 5.41) is 9.02. The fraction of sp³-hybridized carbons (Fsp3) is 0.345. The minimum absolute atomic E-state index is 0.0344. The first-order valence-corrected chi connectivity index (χ1v) is 13.8. The lowest BCUT2D eigenvalue weighted by molar-refractivity contribution is -0.139. The molecule has 2 aromatic heterocycles. The van der Waals surface area contributed by atoms with E-state index in [4.69, 9.17) is 26.1 Å². The summed E-state index contributed by atoms with van der Waals surface area (Å²) in [5.41, 5.74) is 0.739. The summed E-state index contributed by atoms with van der Waals surface area (Å²) >= 11 is 5.57. The molecule has 8 nitrogen and oxygen atoms in total. The van der Waals surface area contributed by atoms with Gasteiger partial charge in [0.25, 0.3) is 0 Å². The van der Waals surface area contributed by atoms with E-state index in [2.05, 4.69) is 4.98 Å². The van der Waals surface area contributed by atoms with Gasteiger partial charge in [0.15, 0.2) is 0 Å². The number of carboxylic acids is 1. The van der Waals surface area contributed by atoms with Gasteiger partial charge >= 0.3 is 12.1 Å². The second-order valence-corrected chi connectivity index (χ2v) is 10.9. The Kier molecular flexibility index (Phi) is 7.73. The Balaban J connectivity index is 1.27. The second-order valence-electron chi connectivity index (χ2n) is 10.5. The summed E-state index contributed by atoms with van der Waals surface area (Å²) < 4.78 is 82.7. The lowest BCUT2D eigenvalue weighted by Gasteiger charge is -2.30. The van der Waals surface area contributed by atoms with E-state index in [1.165, 1.54) is 6.07 Å². The average molecular weight is 623 g/mol. The fourth-order valence-electron chi connectivity index (χ4n) is 5.23. The standard InChI is InChI=1S/C29H24ClF5N4O4/c30-20-10-21(31)17(8-22(20)32)14-43-27-19(29(33,34)35)7-15-3-5-38(12-24(15)37-27)13-26-36-23-2-1-16(28(40)41)9-25(23)39(26)11-18-4-6-42-18/h1-2,7-10,18H,3-6,11-14H2,(H,40,41)/t18-/m0/s1. The number of aromatic carboxylic acids is 1. The molecule has 1 saturated heterocycles. The number of rotatable bonds is 8. The molecule has 2 aliphatic heterocycles. The van der Waals surface area contributed by atoms with Crippen molar-refractivity contribution in [2.45, 2.75) is 51.4 Å². The molecule has 4 heterocycles. The van der Waals surface area contributed by atoms with Gasteiger partial charge in [-0.25, -0.2) is 23.5 Å². The van der Waals surface area contributed by atoms with Crippen LogP contribution >= 0.6 is 11.6 Å². The molecule has 43 heavy (non-hydrogen) atoms. The Hall–Kier alpha value is -3.81. The maximum absolute atomic E-state index is 14.3. The van der Waals surface area contributed by atoms with Crippen molar-refractivity contribution in [2.24, 2.45) is 0 Å². The normalized spacial score (nSPS) is 17.1. The Morgan fingerprint density at radius 1 is 1.14 bits per heavy atom. The molecule has 4 aromatic rings. The van der Waals surface area contributed by atoms with Crippen molar-refractivity contribution in [3.63, 3.8) is 0 Å². The fourth-order valence-corrected chi connectivity index (χ4v) is 5.38. The van der Waals surface area contributed by atoms with Gasteiger partial charge in [-0.05, 0) is 54.8 Å². The van der Waals surface area contributed by atoms with E-state index in [1.807, 2.05) is 9.47 Å². The maximum atomic E-state index is 14.3. The molecule has 14 heteroatoms. The molecule has 0 unspecified atom stereocenters. The molecule has 0 amide bonds. The summed E-state index contributed by atoms with van der Waals surface area (Å²) in [6, 6.07) is 7.18. The van der Waals surface area contributed by atoms with E-state index in [0.29, 0.717) is 54.4 Å². The molecule has 0 radical (unpaired) electrons. The summed E-state index contributed by atoms with van der Waals surface area (Å²) in [5.74, 6) is -3.00. The lowest BCUT2D eigenvalue weighted by Crippen LogP contribution is -2.34. The number of halogens is 6. The first kappa shape index (κ1) is 29.3. The largest absolute Gasteiger partial charge is 0.478 e. The number of fused-ring (bicyclic) bond motifs is 2. The van der Waals surface area contributed by atoms with Crippen molar-refractivity contribution in [2.75, 3.05) is 13.2 Å². The van der Waals surface area contributed by atoms with Gasteiger partial charge in [0.2, 0.25) is 5.88 Å². The molecule has 1 atom stereocenters. The number of benzene rings is 2. The molecule has 0 bridgehead atoms. The first-order chi connectivity index (χ1) is 20.5. The smallest absolute Gasteiger partial charge is 0.421 e. The van der Waals surface area contributed by atoms with Gasteiger partial charge < -0.3 is 19.1 Å². The van der Waals surface area contributed by atoms with Gasteiger partial charge in [0.1, 0.15) is 29.6 Å². The summed E-state index contributed by atoms with van der Waals surface area (Å²) in [6.07, 6.45) is -3.69. The molecule has 0 aliphatic carbocycles. The Morgan fingerprint density at radius 2 is 1.93 bits per heavy atom. The number of aromatic nitrogens is 3. The molecular weight excluding hydrogens is 599 g/mol. The summed E-state index contributed by atoms with van der Waals surface area (Å²) in [4.78, 5) is 22.5. The molecule has 0 saturated carbocycles. The minimum Gasteiger partial charge on any atom is -0.478 e. The van der Waals surface area contributed by atoms with Crippen LogP contribution < -0.4 is 4.74 Å². The number of imidazole rings is 1. The predicted molar refractivity (Wildman–Crippen MR) is 144 cm³/mol. The highest BCUT2D eigenvalue weighted by atomic mass is 35.5. The average Bonchev–Trinajstić information content (AvgIpc) is 3.26. The highest BCUT2D eigenvalue weighted by molar-refractivity contribution is 6.30. The molecular formula is C29H24ClF5N4O4. The zero-order valence-corrected chi connectivity index (χ0v) is 23.2. The lowest BCUT2D eigenvalue weighted by atomic mass is 10.0. The van der Waals surface area contributed by atoms with Crippen LogP contribution in [0, 0.1) is 11.6 Å². The zero-order valence-electron chi connectivity index (χ0n) is 22.4. The highest BCUT2D eigenvalue weighted by Gasteiger charge is 2.37. The Morgan fingerprint density at radius 3 is 2.63 bits per heavy atom. The van der Waals surface area contributed by atoms with Crippen molar-refractivity contribution in [1.82, 2.24) is 19.4 Å². The third-order valence-electron chi connectivity index (χ3n) is 7.60. The van der Waals surface area contributed by atoms with E-state index in [9.17, 15) is 31.9 Å². The molecule has 1 N–H and O–H groups in total. The number of hydrogen-bond donors (Lipinski definition) is 1. The molecule has 226 valence electrons. The number of ether oxygens (including phenoxy) is 2.